The van der Waals surface area contributed by atoms with Crippen molar-refractivity contribution in [3.05, 3.63) is 77.0 Å². The van der Waals surface area contributed by atoms with E-state index in [-0.39, 0.29) is 24.0 Å². The van der Waals surface area contributed by atoms with Crippen LogP contribution in [0.3, 0.4) is 0 Å². The van der Waals surface area contributed by atoms with Crippen LogP contribution >= 0.6 is 11.6 Å². The lowest BCUT2D eigenvalue weighted by atomic mass is 10.1. The molecular formula is C25H26ClNO5S. The Labute approximate surface area is 199 Å². The van der Waals surface area contributed by atoms with Gasteiger partial charge in [0.05, 0.1) is 24.7 Å². The third-order valence-electron chi connectivity index (χ3n) is 5.60. The molecule has 1 amide bonds. The predicted octanol–water partition coefficient (Wildman–Crippen LogP) is 5.22. The maximum Gasteiger partial charge on any atom is 0.254 e. The van der Waals surface area contributed by atoms with Crippen molar-refractivity contribution in [1.29, 1.82) is 0 Å². The molecule has 8 heteroatoms. The van der Waals surface area contributed by atoms with Crippen LogP contribution in [0.1, 0.15) is 35.9 Å². The van der Waals surface area contributed by atoms with Gasteiger partial charge in [-0.2, -0.15) is 0 Å². The average molecular weight is 488 g/mol. The third kappa shape index (κ3) is 5.78. The maximum atomic E-state index is 13.4. The molecule has 1 fully saturated rings. The van der Waals surface area contributed by atoms with Gasteiger partial charge in [0.1, 0.15) is 17.3 Å². The monoisotopic (exact) mass is 487 g/mol. The number of benzene rings is 2. The molecule has 2 aromatic carbocycles. The van der Waals surface area contributed by atoms with Crippen molar-refractivity contribution in [2.24, 2.45) is 0 Å². The van der Waals surface area contributed by atoms with Crippen LogP contribution in [0.2, 0.25) is 5.02 Å². The van der Waals surface area contributed by atoms with Gasteiger partial charge in [-0.25, -0.2) is 8.42 Å². The summed E-state index contributed by atoms with van der Waals surface area (Å²) < 4.78 is 35.9. The molecular weight excluding hydrogens is 462 g/mol. The molecule has 0 unspecified atom stereocenters. The minimum absolute atomic E-state index is 0.0405. The van der Waals surface area contributed by atoms with Gasteiger partial charge >= 0.3 is 0 Å². The fraction of sp³-hybridized carbons (Fsp3) is 0.320. The topological polar surface area (TPSA) is 76.8 Å². The molecule has 0 bridgehead atoms. The number of hydrogen-bond donors (Lipinski definition) is 0. The van der Waals surface area contributed by atoms with Crippen molar-refractivity contribution in [1.82, 2.24) is 4.90 Å². The lowest BCUT2D eigenvalue weighted by Crippen LogP contribution is -2.40. The highest BCUT2D eigenvalue weighted by atomic mass is 35.5. The van der Waals surface area contributed by atoms with E-state index in [2.05, 4.69) is 0 Å². The van der Waals surface area contributed by atoms with Crippen LogP contribution < -0.4 is 4.74 Å². The molecule has 0 radical (unpaired) electrons. The summed E-state index contributed by atoms with van der Waals surface area (Å²) in [7, 11) is -3.16. The van der Waals surface area contributed by atoms with E-state index in [9.17, 15) is 13.2 Å². The summed E-state index contributed by atoms with van der Waals surface area (Å²) in [5, 5.41) is 0.635. The lowest BCUT2D eigenvalue weighted by molar-refractivity contribution is 0.0666. The van der Waals surface area contributed by atoms with Crippen LogP contribution in [0, 0.1) is 0 Å². The summed E-state index contributed by atoms with van der Waals surface area (Å²) in [4.78, 5) is 15.0. The summed E-state index contributed by atoms with van der Waals surface area (Å²) in [6.45, 7) is 2.81. The zero-order valence-corrected chi connectivity index (χ0v) is 19.9. The molecule has 2 heterocycles. The quantitative estimate of drug-likeness (QED) is 0.435. The fourth-order valence-corrected chi connectivity index (χ4v) is 5.72. The van der Waals surface area contributed by atoms with Gasteiger partial charge in [0.25, 0.3) is 5.91 Å². The van der Waals surface area contributed by atoms with Gasteiger partial charge in [-0.1, -0.05) is 18.5 Å². The summed E-state index contributed by atoms with van der Waals surface area (Å²) in [6.07, 6.45) is 1.31. The standard InChI is InChI=1S/C25H26ClNO5S/c1-2-14-31-22-9-5-19(6-10-22)25(28)27(21-13-15-33(29,30)17-21)16-23-11-12-24(32-23)18-3-7-20(26)8-4-18/h3-12,21H,2,13-17H2,1H3/t21-/m1/s1. The highest BCUT2D eigenvalue weighted by Crippen LogP contribution is 2.27. The summed E-state index contributed by atoms with van der Waals surface area (Å²) in [5.74, 6) is 1.75. The second-order valence-electron chi connectivity index (χ2n) is 8.14. The van der Waals surface area contributed by atoms with Gasteiger partial charge in [0, 0.05) is 22.2 Å². The molecule has 0 spiro atoms. The van der Waals surface area contributed by atoms with Crippen LogP contribution in [-0.2, 0) is 16.4 Å². The molecule has 1 aliphatic rings. The molecule has 174 valence electrons. The van der Waals surface area contributed by atoms with Gasteiger partial charge < -0.3 is 14.1 Å². The van der Waals surface area contributed by atoms with E-state index in [1.54, 1.807) is 41.3 Å². The number of ether oxygens (including phenoxy) is 1. The number of carbonyl (C=O) groups is 1. The second kappa shape index (κ2) is 10.0. The first-order chi connectivity index (χ1) is 15.8. The average Bonchev–Trinajstić information content (AvgIpc) is 3.42. The van der Waals surface area contributed by atoms with E-state index in [1.165, 1.54) is 0 Å². The van der Waals surface area contributed by atoms with Crippen LogP contribution in [0.5, 0.6) is 5.75 Å². The Hall–Kier alpha value is -2.77. The number of amides is 1. The summed E-state index contributed by atoms with van der Waals surface area (Å²) >= 11 is 5.96. The Morgan fingerprint density at radius 1 is 1.09 bits per heavy atom. The molecule has 1 aliphatic heterocycles. The Bertz CT molecular complexity index is 1200. The number of rotatable bonds is 8. The Morgan fingerprint density at radius 2 is 1.82 bits per heavy atom. The van der Waals surface area contributed by atoms with E-state index in [1.807, 2.05) is 31.2 Å². The van der Waals surface area contributed by atoms with Crippen molar-refractivity contribution < 1.29 is 22.4 Å². The summed E-state index contributed by atoms with van der Waals surface area (Å²) in [6, 6.07) is 17.5. The molecule has 3 aromatic rings. The van der Waals surface area contributed by atoms with E-state index in [0.29, 0.717) is 40.9 Å². The normalized spacial score (nSPS) is 17.1. The van der Waals surface area contributed by atoms with Crippen molar-refractivity contribution >= 4 is 27.3 Å². The molecule has 0 saturated carbocycles. The van der Waals surface area contributed by atoms with E-state index in [0.717, 1.165) is 12.0 Å². The van der Waals surface area contributed by atoms with Crippen molar-refractivity contribution in [2.45, 2.75) is 32.4 Å². The van der Waals surface area contributed by atoms with Crippen LogP contribution in [0.25, 0.3) is 11.3 Å². The van der Waals surface area contributed by atoms with Crippen LogP contribution in [0.15, 0.2) is 65.1 Å². The molecule has 33 heavy (non-hydrogen) atoms. The predicted molar refractivity (Wildman–Crippen MR) is 128 cm³/mol. The van der Waals surface area contributed by atoms with Crippen molar-refractivity contribution in [3.8, 4) is 17.1 Å². The summed E-state index contributed by atoms with van der Waals surface area (Å²) in [5.41, 5.74) is 1.35. The Morgan fingerprint density at radius 3 is 2.45 bits per heavy atom. The first-order valence-corrected chi connectivity index (χ1v) is 13.1. The number of hydrogen-bond acceptors (Lipinski definition) is 5. The zero-order valence-electron chi connectivity index (χ0n) is 18.4. The molecule has 1 atom stereocenters. The van der Waals surface area contributed by atoms with Crippen molar-refractivity contribution in [3.63, 3.8) is 0 Å². The zero-order chi connectivity index (χ0) is 23.4. The second-order valence-corrected chi connectivity index (χ2v) is 10.8. The van der Waals surface area contributed by atoms with Gasteiger partial charge in [0.15, 0.2) is 9.84 Å². The molecule has 4 rings (SSSR count). The Kier molecular flexibility index (Phi) is 7.10. The molecule has 1 saturated heterocycles. The van der Waals surface area contributed by atoms with E-state index < -0.39 is 15.9 Å². The van der Waals surface area contributed by atoms with E-state index >= 15 is 0 Å². The highest BCUT2D eigenvalue weighted by molar-refractivity contribution is 7.91. The van der Waals surface area contributed by atoms with Crippen LogP contribution in [0.4, 0.5) is 0 Å². The van der Waals surface area contributed by atoms with Gasteiger partial charge in [-0.05, 0) is 73.5 Å². The number of nitrogens with zero attached hydrogens (tertiary/aromatic N) is 1. The maximum absolute atomic E-state index is 13.4. The molecule has 6 nitrogen and oxygen atoms in total. The molecule has 1 aromatic heterocycles. The van der Waals surface area contributed by atoms with Gasteiger partial charge in [-0.15, -0.1) is 0 Å². The van der Waals surface area contributed by atoms with Gasteiger partial charge in [0.2, 0.25) is 0 Å². The first kappa shape index (κ1) is 23.4. The van der Waals surface area contributed by atoms with E-state index in [4.69, 9.17) is 20.8 Å². The minimum Gasteiger partial charge on any atom is -0.494 e. The van der Waals surface area contributed by atoms with Gasteiger partial charge in [-0.3, -0.25) is 4.79 Å². The Balaban J connectivity index is 1.56. The molecule has 0 N–H and O–H groups in total. The SMILES string of the molecule is CCCOc1ccc(C(=O)N(Cc2ccc(-c3ccc(Cl)cc3)o2)[C@@H]2CCS(=O)(=O)C2)cc1. The van der Waals surface area contributed by atoms with Crippen molar-refractivity contribution in [2.75, 3.05) is 18.1 Å². The number of carbonyl (C=O) groups excluding carboxylic acids is 1. The highest BCUT2D eigenvalue weighted by Gasteiger charge is 2.35. The number of sulfone groups is 1. The smallest absolute Gasteiger partial charge is 0.254 e. The minimum atomic E-state index is -3.16. The molecule has 0 aliphatic carbocycles. The number of halogens is 1. The number of furan rings is 1. The lowest BCUT2D eigenvalue weighted by Gasteiger charge is -2.27. The fourth-order valence-electron chi connectivity index (χ4n) is 3.87. The van der Waals surface area contributed by atoms with Crippen LogP contribution in [-0.4, -0.2) is 43.4 Å². The third-order valence-corrected chi connectivity index (χ3v) is 7.60. The first-order valence-electron chi connectivity index (χ1n) is 10.9. The largest absolute Gasteiger partial charge is 0.494 e.